The van der Waals surface area contributed by atoms with E-state index in [1.54, 1.807) is 0 Å². The van der Waals surface area contributed by atoms with Gasteiger partial charge in [0.1, 0.15) is 0 Å². The molecule has 1 aromatic heterocycles. The van der Waals surface area contributed by atoms with Crippen LogP contribution in [-0.4, -0.2) is 10.1 Å². The molecule has 0 saturated heterocycles. The number of nitrogens with zero attached hydrogens (tertiary/aromatic N) is 2. The van der Waals surface area contributed by atoms with Gasteiger partial charge < -0.3 is 10.3 Å². The number of halogens is 1. The van der Waals surface area contributed by atoms with Crippen LogP contribution in [0.1, 0.15) is 30.2 Å². The molecule has 0 fully saturated rings. The Hall–Kier alpha value is -1.20. The van der Waals surface area contributed by atoms with Gasteiger partial charge in [-0.1, -0.05) is 39.3 Å². The van der Waals surface area contributed by atoms with Crippen molar-refractivity contribution in [1.29, 1.82) is 0 Å². The van der Waals surface area contributed by atoms with E-state index in [9.17, 15) is 0 Å². The van der Waals surface area contributed by atoms with Crippen LogP contribution in [0, 0.1) is 0 Å². The number of benzene rings is 1. The average Bonchev–Trinajstić information content (AvgIpc) is 2.70. The van der Waals surface area contributed by atoms with E-state index in [1.807, 2.05) is 31.2 Å². The highest BCUT2D eigenvalue weighted by Gasteiger charge is 2.11. The van der Waals surface area contributed by atoms with E-state index in [1.165, 1.54) is 0 Å². The molecule has 0 bridgehead atoms. The van der Waals surface area contributed by atoms with Crippen molar-refractivity contribution < 1.29 is 4.52 Å². The third-order valence-corrected chi connectivity index (χ3v) is 2.95. The largest absolute Gasteiger partial charge is 0.338 e. The van der Waals surface area contributed by atoms with Crippen molar-refractivity contribution >= 4 is 15.9 Å². The first kappa shape index (κ1) is 11.3. The second-order valence-electron chi connectivity index (χ2n) is 3.61. The van der Waals surface area contributed by atoms with Gasteiger partial charge in [-0.15, -0.1) is 0 Å². The van der Waals surface area contributed by atoms with E-state index in [4.69, 9.17) is 10.3 Å². The van der Waals surface area contributed by atoms with Crippen molar-refractivity contribution in [2.24, 2.45) is 5.73 Å². The molecule has 0 radical (unpaired) electrons. The predicted molar refractivity (Wildman–Crippen MR) is 63.8 cm³/mol. The third-order valence-electron chi connectivity index (χ3n) is 2.18. The van der Waals surface area contributed by atoms with E-state index < -0.39 is 0 Å². The second kappa shape index (κ2) is 4.76. The Labute approximate surface area is 102 Å². The molecule has 0 amide bonds. The minimum absolute atomic E-state index is 0.222. The third kappa shape index (κ3) is 2.48. The monoisotopic (exact) mass is 281 g/mol. The Morgan fingerprint density at radius 3 is 2.81 bits per heavy atom. The minimum Gasteiger partial charge on any atom is -0.338 e. The van der Waals surface area contributed by atoms with Gasteiger partial charge in [-0.2, -0.15) is 4.98 Å². The number of nitrogens with two attached hydrogens (primary N) is 1. The zero-order valence-corrected chi connectivity index (χ0v) is 10.4. The lowest BCUT2D eigenvalue weighted by Gasteiger charge is -1.99. The molecule has 84 valence electrons. The first-order chi connectivity index (χ1) is 7.66. The van der Waals surface area contributed by atoms with Crippen LogP contribution in [0.3, 0.4) is 0 Å². The van der Waals surface area contributed by atoms with Crippen molar-refractivity contribution in [1.82, 2.24) is 10.1 Å². The molecule has 0 aliphatic heterocycles. The van der Waals surface area contributed by atoms with Crippen LogP contribution < -0.4 is 5.73 Å². The SMILES string of the molecule is C[C@H](N)c1nc(Cc2ccccc2Br)no1. The molecule has 2 N–H and O–H groups in total. The molecule has 1 heterocycles. The van der Waals surface area contributed by atoms with Gasteiger partial charge in [0.25, 0.3) is 0 Å². The van der Waals surface area contributed by atoms with Crippen LogP contribution in [0.25, 0.3) is 0 Å². The molecule has 2 rings (SSSR count). The number of hydrogen-bond donors (Lipinski definition) is 1. The maximum atomic E-state index is 5.64. The smallest absolute Gasteiger partial charge is 0.243 e. The van der Waals surface area contributed by atoms with Gasteiger partial charge in [-0.05, 0) is 18.6 Å². The fourth-order valence-corrected chi connectivity index (χ4v) is 1.76. The molecule has 0 aliphatic rings. The normalized spacial score (nSPS) is 12.7. The molecule has 5 heteroatoms. The zero-order valence-electron chi connectivity index (χ0n) is 8.85. The first-order valence-electron chi connectivity index (χ1n) is 4.98. The lowest BCUT2D eigenvalue weighted by atomic mass is 10.1. The summed E-state index contributed by atoms with van der Waals surface area (Å²) in [6, 6.07) is 7.73. The maximum Gasteiger partial charge on any atom is 0.243 e. The topological polar surface area (TPSA) is 64.9 Å². The molecule has 2 aromatic rings. The van der Waals surface area contributed by atoms with E-state index in [0.717, 1.165) is 10.0 Å². The zero-order chi connectivity index (χ0) is 11.5. The fraction of sp³-hybridized carbons (Fsp3) is 0.273. The summed E-state index contributed by atoms with van der Waals surface area (Å²) in [5.74, 6) is 1.13. The van der Waals surface area contributed by atoms with E-state index in [2.05, 4.69) is 26.1 Å². The summed E-state index contributed by atoms with van der Waals surface area (Å²) < 4.78 is 6.08. The van der Waals surface area contributed by atoms with E-state index in [0.29, 0.717) is 18.1 Å². The van der Waals surface area contributed by atoms with Gasteiger partial charge >= 0.3 is 0 Å². The standard InChI is InChI=1S/C11H12BrN3O/c1-7(13)11-14-10(15-16-11)6-8-4-2-3-5-9(8)12/h2-5,7H,6,13H2,1H3/t7-/m0/s1. The molecule has 0 spiro atoms. The van der Waals surface area contributed by atoms with Crippen molar-refractivity contribution in [2.75, 3.05) is 0 Å². The molecule has 1 atom stereocenters. The number of hydrogen-bond acceptors (Lipinski definition) is 4. The molecule has 0 aliphatic carbocycles. The summed E-state index contributed by atoms with van der Waals surface area (Å²) in [5, 5.41) is 3.89. The molecule has 16 heavy (non-hydrogen) atoms. The number of aromatic nitrogens is 2. The lowest BCUT2D eigenvalue weighted by molar-refractivity contribution is 0.358. The van der Waals surface area contributed by atoms with E-state index >= 15 is 0 Å². The van der Waals surface area contributed by atoms with Crippen molar-refractivity contribution in [3.8, 4) is 0 Å². The molecule has 0 saturated carbocycles. The highest BCUT2D eigenvalue weighted by molar-refractivity contribution is 9.10. The molecule has 1 aromatic carbocycles. The Kier molecular flexibility index (Phi) is 3.36. The van der Waals surface area contributed by atoms with Crippen LogP contribution >= 0.6 is 15.9 Å². The van der Waals surface area contributed by atoms with Crippen LogP contribution in [-0.2, 0) is 6.42 Å². The highest BCUT2D eigenvalue weighted by Crippen LogP contribution is 2.18. The van der Waals surface area contributed by atoms with Gasteiger partial charge in [0.15, 0.2) is 5.82 Å². The van der Waals surface area contributed by atoms with Crippen LogP contribution in [0.15, 0.2) is 33.3 Å². The summed E-state index contributed by atoms with van der Waals surface area (Å²) in [4.78, 5) is 4.22. The molecular weight excluding hydrogens is 270 g/mol. The Morgan fingerprint density at radius 1 is 1.44 bits per heavy atom. The Balaban J connectivity index is 2.18. The second-order valence-corrected chi connectivity index (χ2v) is 4.46. The van der Waals surface area contributed by atoms with Gasteiger partial charge in [0, 0.05) is 10.9 Å². The summed E-state index contributed by atoms with van der Waals surface area (Å²) in [7, 11) is 0. The summed E-state index contributed by atoms with van der Waals surface area (Å²) >= 11 is 3.48. The molecular formula is C11H12BrN3O. The maximum absolute atomic E-state index is 5.64. The Morgan fingerprint density at radius 2 is 2.19 bits per heavy atom. The average molecular weight is 282 g/mol. The van der Waals surface area contributed by atoms with Crippen LogP contribution in [0.5, 0.6) is 0 Å². The summed E-state index contributed by atoms with van der Waals surface area (Å²) in [6.45, 7) is 1.82. The molecule has 0 unspecified atom stereocenters. The fourth-order valence-electron chi connectivity index (χ4n) is 1.34. The van der Waals surface area contributed by atoms with Crippen molar-refractivity contribution in [2.45, 2.75) is 19.4 Å². The number of rotatable bonds is 3. The quantitative estimate of drug-likeness (QED) is 0.939. The predicted octanol–water partition coefficient (Wildman–Crippen LogP) is 2.44. The lowest BCUT2D eigenvalue weighted by Crippen LogP contribution is -2.05. The van der Waals surface area contributed by atoms with Crippen LogP contribution in [0.2, 0.25) is 0 Å². The van der Waals surface area contributed by atoms with Crippen LogP contribution in [0.4, 0.5) is 0 Å². The highest BCUT2D eigenvalue weighted by atomic mass is 79.9. The summed E-state index contributed by atoms with van der Waals surface area (Å²) in [5.41, 5.74) is 6.77. The van der Waals surface area contributed by atoms with Gasteiger partial charge in [0.2, 0.25) is 5.89 Å². The van der Waals surface area contributed by atoms with Crippen molar-refractivity contribution in [3.05, 3.63) is 46.0 Å². The summed E-state index contributed by atoms with van der Waals surface area (Å²) in [6.07, 6.45) is 0.637. The first-order valence-corrected chi connectivity index (χ1v) is 5.77. The van der Waals surface area contributed by atoms with Gasteiger partial charge in [-0.25, -0.2) is 0 Å². The van der Waals surface area contributed by atoms with E-state index in [-0.39, 0.29) is 6.04 Å². The van der Waals surface area contributed by atoms with Gasteiger partial charge in [-0.3, -0.25) is 0 Å². The van der Waals surface area contributed by atoms with Gasteiger partial charge in [0.05, 0.1) is 6.04 Å². The molecule has 4 nitrogen and oxygen atoms in total. The Bertz CT molecular complexity index is 482. The van der Waals surface area contributed by atoms with Crippen molar-refractivity contribution in [3.63, 3.8) is 0 Å². The minimum atomic E-state index is -0.222.